The van der Waals surface area contributed by atoms with Gasteiger partial charge in [-0.25, -0.2) is 19.9 Å². The van der Waals surface area contributed by atoms with Gasteiger partial charge in [0.1, 0.15) is 5.69 Å². The van der Waals surface area contributed by atoms with Crippen LogP contribution in [0.2, 0.25) is 5.02 Å². The van der Waals surface area contributed by atoms with Crippen LogP contribution in [0.3, 0.4) is 0 Å². The monoisotopic (exact) mass is 516 g/mol. The topological polar surface area (TPSA) is 78.2 Å². The number of carbonyl (C=O) groups excluding carboxylic acids is 1. The Kier molecular flexibility index (Phi) is 6.60. The average Bonchev–Trinajstić information content (AvgIpc) is 3.08. The lowest BCUT2D eigenvalue weighted by Gasteiger charge is -2.04. The number of aromatic nitrogens is 1. The number of amidine groups is 1. The Bertz CT molecular complexity index is 1320. The number of carbonyl (C=O) groups is 1. The fourth-order valence-electron chi connectivity index (χ4n) is 2.82. The van der Waals surface area contributed by atoms with Crippen LogP contribution in [0.1, 0.15) is 10.4 Å². The minimum absolute atomic E-state index is 0.235. The molecule has 0 radical (unpaired) electrons. The fourth-order valence-corrected chi connectivity index (χ4v) is 4.15. The molecule has 2 N–H and O–H groups in total. The van der Waals surface area contributed by atoms with Gasteiger partial charge in [-0.05, 0) is 66.4 Å². The van der Waals surface area contributed by atoms with Gasteiger partial charge in [0.15, 0.2) is 5.58 Å². The molecule has 156 valence electrons. The van der Waals surface area contributed by atoms with E-state index in [1.807, 2.05) is 12.1 Å². The van der Waals surface area contributed by atoms with Crippen molar-refractivity contribution in [2.45, 2.75) is 5.88 Å². The lowest BCUT2D eigenvalue weighted by Crippen LogP contribution is -2.69. The average molecular weight is 518 g/mol. The third kappa shape index (κ3) is 5.28. The van der Waals surface area contributed by atoms with Crippen LogP contribution in [0, 0.1) is 0 Å². The maximum atomic E-state index is 12.7. The van der Waals surface area contributed by atoms with Crippen LogP contribution in [0.15, 0.2) is 86.5 Å². The molecule has 0 aliphatic rings. The van der Waals surface area contributed by atoms with E-state index in [9.17, 15) is 9.59 Å². The first-order valence-electron chi connectivity index (χ1n) is 9.17. The van der Waals surface area contributed by atoms with Crippen molar-refractivity contribution in [3.63, 3.8) is 0 Å². The van der Waals surface area contributed by atoms with E-state index in [4.69, 9.17) is 16.0 Å². The molecule has 31 heavy (non-hydrogen) atoms. The Balaban J connectivity index is 1.61. The summed E-state index contributed by atoms with van der Waals surface area (Å²) in [5.41, 5.74) is 2.42. The summed E-state index contributed by atoms with van der Waals surface area (Å²) in [6, 6.07) is 21.4. The Morgan fingerprint density at radius 2 is 1.84 bits per heavy atom. The molecule has 3 aromatic carbocycles. The fraction of sp³-hybridized carbons (Fsp3) is 0.0455. The van der Waals surface area contributed by atoms with Crippen LogP contribution >= 0.6 is 39.3 Å². The van der Waals surface area contributed by atoms with Crippen molar-refractivity contribution >= 4 is 67.2 Å². The number of thioether (sulfide) groups is 1. The van der Waals surface area contributed by atoms with Crippen LogP contribution in [0.4, 0.5) is 5.69 Å². The zero-order valence-corrected chi connectivity index (χ0v) is 19.1. The van der Waals surface area contributed by atoms with Gasteiger partial charge in [-0.2, -0.15) is 0 Å². The number of oxazole rings is 1. The van der Waals surface area contributed by atoms with E-state index in [2.05, 4.69) is 26.2 Å². The van der Waals surface area contributed by atoms with Gasteiger partial charge in [0.05, 0.1) is 17.0 Å². The number of halogens is 2. The molecule has 0 atom stereocenters. The second kappa shape index (κ2) is 9.55. The highest BCUT2D eigenvalue weighted by molar-refractivity contribution is 9.10. The lowest BCUT2D eigenvalue weighted by molar-refractivity contribution is -0.352. The third-order valence-electron chi connectivity index (χ3n) is 4.33. The summed E-state index contributed by atoms with van der Waals surface area (Å²) < 4.78 is 7.65. The predicted molar refractivity (Wildman–Crippen MR) is 127 cm³/mol. The van der Waals surface area contributed by atoms with Crippen molar-refractivity contribution in [2.24, 2.45) is 0 Å². The molecule has 1 amide bonds. The number of nitrogens with zero attached hydrogens (tertiary/aromatic N) is 1. The smallest absolute Gasteiger partial charge is 0.408 e. The van der Waals surface area contributed by atoms with E-state index in [-0.39, 0.29) is 11.8 Å². The minimum atomic E-state index is -0.471. The molecule has 0 saturated heterocycles. The van der Waals surface area contributed by atoms with Gasteiger partial charge in [-0.3, -0.25) is 4.57 Å². The highest BCUT2D eigenvalue weighted by atomic mass is 79.9. The van der Waals surface area contributed by atoms with Gasteiger partial charge in [-0.1, -0.05) is 45.7 Å². The van der Waals surface area contributed by atoms with Gasteiger partial charge >= 0.3 is 16.8 Å². The summed E-state index contributed by atoms with van der Waals surface area (Å²) in [5, 5.41) is 3.95. The summed E-state index contributed by atoms with van der Waals surface area (Å²) in [6.07, 6.45) is 0. The lowest BCUT2D eigenvalue weighted by atomic mass is 10.2. The molecular formula is C22H16BrClN3O3S+. The maximum Gasteiger partial charge on any atom is 0.420 e. The maximum absolute atomic E-state index is 12.7. The summed E-state index contributed by atoms with van der Waals surface area (Å²) in [4.78, 5) is 28.2. The van der Waals surface area contributed by atoms with Gasteiger partial charge in [0.2, 0.25) is 0 Å². The number of benzene rings is 3. The number of rotatable bonds is 4. The van der Waals surface area contributed by atoms with E-state index in [0.29, 0.717) is 26.9 Å². The second-order valence-corrected chi connectivity index (χ2v) is 8.77. The van der Waals surface area contributed by atoms with Gasteiger partial charge < -0.3 is 4.42 Å². The first-order chi connectivity index (χ1) is 15.0. The van der Waals surface area contributed by atoms with E-state index in [1.54, 1.807) is 60.7 Å². The molecule has 1 heterocycles. The van der Waals surface area contributed by atoms with Crippen molar-refractivity contribution in [2.75, 3.05) is 0 Å². The molecule has 0 saturated carbocycles. The standard InChI is InChI=1S/C22H15BrClN3O3S/c23-15-6-11-18-19(12-15)30-22(29)27(18)13-31-21(25-17-9-7-16(24)8-10-17)26-20(28)14-4-2-1-3-5-14/h1-12H,13H2,(H,25,26,28)/p+1. The molecular weight excluding hydrogens is 502 g/mol. The number of fused-ring (bicyclic) bond motifs is 1. The SMILES string of the molecule is O=C(NC(=[NH+]c1ccc(Cl)cc1)SCn1c(=O)oc2cc(Br)ccc21)c1ccccc1. The molecule has 0 aliphatic heterocycles. The highest BCUT2D eigenvalue weighted by Crippen LogP contribution is 2.20. The highest BCUT2D eigenvalue weighted by Gasteiger charge is 2.18. The van der Waals surface area contributed by atoms with E-state index < -0.39 is 5.76 Å². The predicted octanol–water partition coefficient (Wildman–Crippen LogP) is 3.90. The van der Waals surface area contributed by atoms with E-state index in [0.717, 1.165) is 10.2 Å². The van der Waals surface area contributed by atoms with Crippen LogP contribution in [0.25, 0.3) is 11.1 Å². The van der Waals surface area contributed by atoms with E-state index >= 15 is 0 Å². The molecule has 0 fully saturated rings. The zero-order chi connectivity index (χ0) is 21.8. The van der Waals surface area contributed by atoms with E-state index in [1.165, 1.54) is 16.3 Å². The number of amides is 1. The summed E-state index contributed by atoms with van der Waals surface area (Å²) in [6.45, 7) is 0. The van der Waals surface area contributed by atoms with Crippen molar-refractivity contribution in [3.8, 4) is 0 Å². The second-order valence-electron chi connectivity index (χ2n) is 6.46. The first kappa shape index (κ1) is 21.4. The third-order valence-corrected chi connectivity index (χ3v) is 5.96. The zero-order valence-electron chi connectivity index (χ0n) is 16.0. The quantitative estimate of drug-likeness (QED) is 0.318. The van der Waals surface area contributed by atoms with Gasteiger partial charge in [0.25, 0.3) is 0 Å². The van der Waals surface area contributed by atoms with Crippen LogP contribution < -0.4 is 16.1 Å². The Morgan fingerprint density at radius 3 is 2.58 bits per heavy atom. The minimum Gasteiger partial charge on any atom is -0.408 e. The molecule has 9 heteroatoms. The molecule has 4 rings (SSSR count). The summed E-state index contributed by atoms with van der Waals surface area (Å²) in [5.74, 6) is -0.503. The molecule has 0 unspecified atom stereocenters. The van der Waals surface area contributed by atoms with Crippen molar-refractivity contribution < 1.29 is 14.2 Å². The molecule has 1 aromatic heterocycles. The Morgan fingerprint density at radius 1 is 1.10 bits per heavy atom. The first-order valence-corrected chi connectivity index (χ1v) is 11.3. The van der Waals surface area contributed by atoms with Gasteiger partial charge in [0, 0.05) is 9.50 Å². The summed E-state index contributed by atoms with van der Waals surface area (Å²) in [7, 11) is 0. The van der Waals surface area contributed by atoms with Crippen LogP contribution in [-0.2, 0) is 5.88 Å². The Hall–Kier alpha value is -2.81. The largest absolute Gasteiger partial charge is 0.420 e. The molecule has 4 aromatic rings. The normalized spacial score (nSPS) is 11.6. The molecule has 0 aliphatic carbocycles. The van der Waals surface area contributed by atoms with Crippen LogP contribution in [0.5, 0.6) is 0 Å². The molecule has 0 bridgehead atoms. The Labute approximate surface area is 195 Å². The number of nitrogens with one attached hydrogen (secondary N) is 2. The number of hydrogen-bond donors (Lipinski definition) is 2. The number of hydrogen-bond acceptors (Lipinski definition) is 4. The van der Waals surface area contributed by atoms with Gasteiger partial charge in [-0.15, -0.1) is 0 Å². The van der Waals surface area contributed by atoms with Crippen molar-refractivity contribution in [1.82, 2.24) is 9.88 Å². The summed E-state index contributed by atoms with van der Waals surface area (Å²) >= 11 is 10.6. The van der Waals surface area contributed by atoms with Crippen molar-refractivity contribution in [1.29, 1.82) is 0 Å². The molecule has 0 spiro atoms. The molecule has 6 nitrogen and oxygen atoms in total. The van der Waals surface area contributed by atoms with Crippen LogP contribution in [-0.4, -0.2) is 15.6 Å². The van der Waals surface area contributed by atoms with Crippen molar-refractivity contribution in [3.05, 3.63) is 98.4 Å².